The van der Waals surface area contributed by atoms with E-state index in [1.165, 1.54) is 12.1 Å². The van der Waals surface area contributed by atoms with Crippen LogP contribution in [0.4, 0.5) is 19.0 Å². The average Bonchev–Trinajstić information content (AvgIpc) is 2.46. The number of ether oxygens (including phenoxy) is 1. The SMILES string of the molecule is CC(Nc1cnccn1)c1ccc(OCC(F)(F)F)cc1. The van der Waals surface area contributed by atoms with E-state index in [0.29, 0.717) is 5.82 Å². The molecule has 1 N–H and O–H groups in total. The van der Waals surface area contributed by atoms with Crippen molar-refractivity contribution in [2.75, 3.05) is 11.9 Å². The van der Waals surface area contributed by atoms with Crippen LogP contribution in [0.3, 0.4) is 0 Å². The lowest BCUT2D eigenvalue weighted by atomic mass is 10.1. The maximum atomic E-state index is 12.0. The maximum Gasteiger partial charge on any atom is 0.422 e. The molecule has 0 amide bonds. The molecule has 0 aliphatic rings. The minimum atomic E-state index is -4.33. The molecule has 0 aliphatic carbocycles. The van der Waals surface area contributed by atoms with Crippen molar-refractivity contribution in [3.63, 3.8) is 0 Å². The molecule has 0 spiro atoms. The lowest BCUT2D eigenvalue weighted by Crippen LogP contribution is -2.19. The van der Waals surface area contributed by atoms with Gasteiger partial charge in [0.05, 0.1) is 6.20 Å². The van der Waals surface area contributed by atoms with Crippen molar-refractivity contribution in [3.8, 4) is 5.75 Å². The fourth-order valence-corrected chi connectivity index (χ4v) is 1.70. The van der Waals surface area contributed by atoms with E-state index in [9.17, 15) is 13.2 Å². The van der Waals surface area contributed by atoms with Crippen molar-refractivity contribution in [1.29, 1.82) is 0 Å². The molecule has 0 fully saturated rings. The van der Waals surface area contributed by atoms with Crippen molar-refractivity contribution in [2.45, 2.75) is 19.1 Å². The Balaban J connectivity index is 1.95. The zero-order chi connectivity index (χ0) is 15.3. The van der Waals surface area contributed by atoms with Crippen LogP contribution in [0.15, 0.2) is 42.9 Å². The first kappa shape index (κ1) is 15.1. The molecule has 0 radical (unpaired) electrons. The molecule has 4 nitrogen and oxygen atoms in total. The van der Waals surface area contributed by atoms with E-state index in [2.05, 4.69) is 20.0 Å². The van der Waals surface area contributed by atoms with Gasteiger partial charge in [-0.05, 0) is 24.6 Å². The molecule has 112 valence electrons. The predicted molar refractivity (Wildman–Crippen MR) is 72.1 cm³/mol. The Morgan fingerprint density at radius 1 is 1.19 bits per heavy atom. The molecule has 0 saturated heterocycles. The molecule has 7 heteroatoms. The zero-order valence-corrected chi connectivity index (χ0v) is 11.3. The highest BCUT2D eigenvalue weighted by Gasteiger charge is 2.28. The summed E-state index contributed by atoms with van der Waals surface area (Å²) in [5, 5.41) is 3.14. The van der Waals surface area contributed by atoms with E-state index in [0.717, 1.165) is 5.56 Å². The Hall–Kier alpha value is -2.31. The molecule has 1 heterocycles. The Morgan fingerprint density at radius 3 is 2.48 bits per heavy atom. The van der Waals surface area contributed by atoms with E-state index in [1.807, 2.05) is 6.92 Å². The fraction of sp³-hybridized carbons (Fsp3) is 0.286. The highest BCUT2D eigenvalue weighted by atomic mass is 19.4. The summed E-state index contributed by atoms with van der Waals surface area (Å²) in [5.41, 5.74) is 0.903. The van der Waals surface area contributed by atoms with Crippen molar-refractivity contribution in [2.24, 2.45) is 0 Å². The predicted octanol–water partition coefficient (Wildman–Crippen LogP) is 3.59. The molecular weight excluding hydrogens is 283 g/mol. The van der Waals surface area contributed by atoms with Crippen molar-refractivity contribution >= 4 is 5.82 Å². The van der Waals surface area contributed by atoms with Crippen molar-refractivity contribution in [1.82, 2.24) is 9.97 Å². The zero-order valence-electron chi connectivity index (χ0n) is 11.3. The van der Waals surface area contributed by atoms with Crippen LogP contribution in [0.1, 0.15) is 18.5 Å². The third-order valence-corrected chi connectivity index (χ3v) is 2.71. The lowest BCUT2D eigenvalue weighted by molar-refractivity contribution is -0.153. The van der Waals surface area contributed by atoms with Crippen LogP contribution in [0, 0.1) is 0 Å². The van der Waals surface area contributed by atoms with Crippen LogP contribution in [0.5, 0.6) is 5.75 Å². The Kier molecular flexibility index (Phi) is 4.62. The van der Waals surface area contributed by atoms with E-state index in [1.54, 1.807) is 30.7 Å². The highest BCUT2D eigenvalue weighted by Crippen LogP contribution is 2.22. The summed E-state index contributed by atoms with van der Waals surface area (Å²) in [6.07, 6.45) is 0.405. The van der Waals surface area contributed by atoms with E-state index in [-0.39, 0.29) is 11.8 Å². The normalized spacial score (nSPS) is 12.8. The number of nitrogens with zero attached hydrogens (tertiary/aromatic N) is 2. The Morgan fingerprint density at radius 2 is 1.90 bits per heavy atom. The van der Waals surface area contributed by atoms with E-state index >= 15 is 0 Å². The summed E-state index contributed by atoms with van der Waals surface area (Å²) in [5.74, 6) is 0.810. The van der Waals surface area contributed by atoms with Crippen LogP contribution in [-0.4, -0.2) is 22.8 Å². The fourth-order valence-electron chi connectivity index (χ4n) is 1.70. The van der Waals surface area contributed by atoms with Gasteiger partial charge in [-0.25, -0.2) is 4.98 Å². The smallest absolute Gasteiger partial charge is 0.422 e. The number of hydrogen-bond acceptors (Lipinski definition) is 4. The molecule has 0 bridgehead atoms. The van der Waals surface area contributed by atoms with Crippen LogP contribution < -0.4 is 10.1 Å². The third kappa shape index (κ3) is 4.94. The molecule has 1 atom stereocenters. The molecule has 2 aromatic rings. The van der Waals surface area contributed by atoms with Crippen molar-refractivity contribution in [3.05, 3.63) is 48.4 Å². The molecule has 1 aromatic carbocycles. The maximum absolute atomic E-state index is 12.0. The standard InChI is InChI=1S/C14H14F3N3O/c1-10(20-13-8-18-6-7-19-13)11-2-4-12(5-3-11)21-9-14(15,16)17/h2-8,10H,9H2,1H3,(H,19,20). The van der Waals surface area contributed by atoms with Gasteiger partial charge in [0.2, 0.25) is 0 Å². The average molecular weight is 297 g/mol. The minimum absolute atomic E-state index is 0.0571. The molecular formula is C14H14F3N3O. The number of alkyl halides is 3. The first-order chi connectivity index (χ1) is 9.94. The third-order valence-electron chi connectivity index (χ3n) is 2.71. The highest BCUT2D eigenvalue weighted by molar-refractivity contribution is 5.37. The van der Waals surface area contributed by atoms with Crippen LogP contribution >= 0.6 is 0 Å². The van der Waals surface area contributed by atoms with Gasteiger partial charge in [0.1, 0.15) is 11.6 Å². The first-order valence-electron chi connectivity index (χ1n) is 6.26. The lowest BCUT2D eigenvalue weighted by Gasteiger charge is -2.15. The number of aromatic nitrogens is 2. The quantitative estimate of drug-likeness (QED) is 0.916. The van der Waals surface area contributed by atoms with Gasteiger partial charge in [-0.15, -0.1) is 0 Å². The second kappa shape index (κ2) is 6.43. The van der Waals surface area contributed by atoms with Gasteiger partial charge in [0.15, 0.2) is 6.61 Å². The Bertz CT molecular complexity index is 558. The van der Waals surface area contributed by atoms with Crippen molar-refractivity contribution < 1.29 is 17.9 Å². The number of rotatable bonds is 5. The van der Waals surface area contributed by atoms with Gasteiger partial charge in [-0.1, -0.05) is 12.1 Å². The van der Waals surface area contributed by atoms with Gasteiger partial charge in [0.25, 0.3) is 0 Å². The monoisotopic (exact) mass is 297 g/mol. The molecule has 1 aromatic heterocycles. The summed E-state index contributed by atoms with van der Waals surface area (Å²) in [6.45, 7) is 0.625. The number of anilines is 1. The first-order valence-corrected chi connectivity index (χ1v) is 6.26. The number of nitrogens with one attached hydrogen (secondary N) is 1. The second-order valence-corrected chi connectivity index (χ2v) is 4.43. The molecule has 0 saturated carbocycles. The summed E-state index contributed by atoms with van der Waals surface area (Å²) >= 11 is 0. The summed E-state index contributed by atoms with van der Waals surface area (Å²) in [7, 11) is 0. The summed E-state index contributed by atoms with van der Waals surface area (Å²) < 4.78 is 40.8. The Labute approximate surface area is 120 Å². The van der Waals surface area contributed by atoms with Gasteiger partial charge in [-0.2, -0.15) is 13.2 Å². The van der Waals surface area contributed by atoms with Crippen LogP contribution in [-0.2, 0) is 0 Å². The molecule has 2 rings (SSSR count). The number of hydrogen-bond donors (Lipinski definition) is 1. The molecule has 1 unspecified atom stereocenters. The minimum Gasteiger partial charge on any atom is -0.484 e. The van der Waals surface area contributed by atoms with Crippen LogP contribution in [0.2, 0.25) is 0 Å². The van der Waals surface area contributed by atoms with E-state index < -0.39 is 12.8 Å². The topological polar surface area (TPSA) is 47.0 Å². The largest absolute Gasteiger partial charge is 0.484 e. The number of benzene rings is 1. The molecule has 0 aliphatic heterocycles. The van der Waals surface area contributed by atoms with Gasteiger partial charge >= 0.3 is 6.18 Å². The summed E-state index contributed by atoms with van der Waals surface area (Å²) in [6, 6.07) is 6.38. The molecule has 21 heavy (non-hydrogen) atoms. The van der Waals surface area contributed by atoms with Gasteiger partial charge < -0.3 is 10.1 Å². The van der Waals surface area contributed by atoms with Gasteiger partial charge in [-0.3, -0.25) is 4.98 Å². The summed E-state index contributed by atoms with van der Waals surface area (Å²) in [4.78, 5) is 8.04. The van der Waals surface area contributed by atoms with E-state index in [4.69, 9.17) is 0 Å². The van der Waals surface area contributed by atoms with Gasteiger partial charge in [0, 0.05) is 18.4 Å². The number of halogens is 3. The van der Waals surface area contributed by atoms with Crippen LogP contribution in [0.25, 0.3) is 0 Å². The second-order valence-electron chi connectivity index (χ2n) is 4.43.